The highest BCUT2D eigenvalue weighted by atomic mass is 79.9. The highest BCUT2D eigenvalue weighted by Gasteiger charge is 2.30. The van der Waals surface area contributed by atoms with Gasteiger partial charge in [-0.3, -0.25) is 5.21 Å². The molecule has 3 rings (SSSR count). The van der Waals surface area contributed by atoms with Crippen LogP contribution < -0.4 is 15.5 Å². The number of nitrogens with one attached hydrogen (secondary N) is 1. The van der Waals surface area contributed by atoms with Crippen molar-refractivity contribution in [2.75, 3.05) is 15.5 Å². The number of aromatic nitrogens is 1. The van der Waals surface area contributed by atoms with Crippen LogP contribution in [0.4, 0.5) is 22.0 Å². The third-order valence-corrected chi connectivity index (χ3v) is 3.14. The second kappa shape index (κ2) is 4.52. The van der Waals surface area contributed by atoms with E-state index in [2.05, 4.69) is 26.2 Å². The van der Waals surface area contributed by atoms with Crippen molar-refractivity contribution in [3.05, 3.63) is 47.1 Å². The number of para-hydroxylation sites is 2. The van der Waals surface area contributed by atoms with Crippen molar-refractivity contribution in [3.63, 3.8) is 0 Å². The Hall–Kier alpha value is -2.12. The lowest BCUT2D eigenvalue weighted by atomic mass is 10.2. The Morgan fingerprint density at radius 2 is 2.00 bits per heavy atom. The van der Waals surface area contributed by atoms with Crippen molar-refractivity contribution in [2.24, 2.45) is 0 Å². The van der Waals surface area contributed by atoms with E-state index in [1.165, 1.54) is 0 Å². The van der Waals surface area contributed by atoms with Crippen molar-refractivity contribution in [1.82, 2.24) is 4.98 Å². The number of fused-ring (bicyclic) bond motifs is 1. The molecule has 7 heteroatoms. The van der Waals surface area contributed by atoms with Crippen molar-refractivity contribution in [3.8, 4) is 0 Å². The van der Waals surface area contributed by atoms with Crippen LogP contribution in [-0.2, 0) is 0 Å². The molecular weight excluding hydrogens is 312 g/mol. The lowest BCUT2D eigenvalue weighted by Crippen LogP contribution is -2.51. The van der Waals surface area contributed by atoms with Gasteiger partial charge in [0.2, 0.25) is 0 Å². The van der Waals surface area contributed by atoms with Crippen LogP contribution in [-0.4, -0.2) is 16.2 Å². The van der Waals surface area contributed by atoms with Crippen LogP contribution in [0.3, 0.4) is 0 Å². The normalized spacial score (nSPS) is 14.1. The highest BCUT2D eigenvalue weighted by Crippen LogP contribution is 2.32. The number of rotatable bonds is 1. The fraction of sp³-hybridized carbons (Fsp3) is 0. The van der Waals surface area contributed by atoms with E-state index in [9.17, 15) is 10.0 Å². The van der Waals surface area contributed by atoms with Gasteiger partial charge in [-0.2, -0.15) is 5.01 Å². The number of anilines is 3. The first-order valence-corrected chi connectivity index (χ1v) is 6.27. The number of hydrogen-bond donors (Lipinski definition) is 2. The molecule has 19 heavy (non-hydrogen) atoms. The molecule has 2 aromatic rings. The van der Waals surface area contributed by atoms with Gasteiger partial charge >= 0.3 is 6.03 Å². The number of halogens is 1. The van der Waals surface area contributed by atoms with Gasteiger partial charge in [-0.05, 0) is 40.2 Å². The summed E-state index contributed by atoms with van der Waals surface area (Å²) in [6, 6.07) is 9.84. The number of amides is 2. The van der Waals surface area contributed by atoms with Gasteiger partial charge in [0.25, 0.3) is 0 Å². The van der Waals surface area contributed by atoms with Gasteiger partial charge in [-0.15, -0.1) is 5.17 Å². The number of nitrogens with zero attached hydrogens (tertiary/aromatic N) is 3. The first-order chi connectivity index (χ1) is 9.16. The maximum absolute atomic E-state index is 12.0. The average Bonchev–Trinajstić information content (AvgIpc) is 2.41. The van der Waals surface area contributed by atoms with Crippen LogP contribution in [0, 0.1) is 0 Å². The summed E-state index contributed by atoms with van der Waals surface area (Å²) in [5.74, 6) is 0.317. The van der Waals surface area contributed by atoms with Crippen molar-refractivity contribution in [1.29, 1.82) is 0 Å². The largest absolute Gasteiger partial charge is 0.348 e. The number of hydrogen-bond acceptors (Lipinski definition) is 4. The van der Waals surface area contributed by atoms with Crippen LogP contribution in [0.5, 0.6) is 0 Å². The number of urea groups is 1. The molecule has 2 heterocycles. The van der Waals surface area contributed by atoms with Crippen molar-refractivity contribution in [2.45, 2.75) is 0 Å². The molecule has 0 saturated heterocycles. The van der Waals surface area contributed by atoms with Gasteiger partial charge in [-0.25, -0.2) is 9.78 Å². The van der Waals surface area contributed by atoms with Gasteiger partial charge in [0, 0.05) is 10.7 Å². The zero-order valence-corrected chi connectivity index (χ0v) is 11.2. The zero-order chi connectivity index (χ0) is 13.4. The Morgan fingerprint density at radius 3 is 2.74 bits per heavy atom. The van der Waals surface area contributed by atoms with Crippen molar-refractivity contribution >= 4 is 39.2 Å². The summed E-state index contributed by atoms with van der Waals surface area (Å²) < 4.78 is 0.790. The Kier molecular flexibility index (Phi) is 2.84. The molecule has 0 saturated carbocycles. The summed E-state index contributed by atoms with van der Waals surface area (Å²) in [7, 11) is 0. The van der Waals surface area contributed by atoms with Crippen LogP contribution in [0.2, 0.25) is 0 Å². The molecule has 0 atom stereocenters. The fourth-order valence-corrected chi connectivity index (χ4v) is 2.04. The molecule has 0 spiro atoms. The van der Waals surface area contributed by atoms with E-state index < -0.39 is 6.03 Å². The molecule has 1 aliphatic rings. The average molecular weight is 321 g/mol. The SMILES string of the molecule is O=C1Nc2ccccc2N(O)N1c1ccc(Br)cn1. The summed E-state index contributed by atoms with van der Waals surface area (Å²) >= 11 is 3.27. The molecule has 0 unspecified atom stereocenters. The van der Waals surface area contributed by atoms with Crippen LogP contribution in [0.1, 0.15) is 0 Å². The van der Waals surface area contributed by atoms with E-state index >= 15 is 0 Å². The Bertz CT molecular complexity index is 632. The van der Waals surface area contributed by atoms with E-state index in [-0.39, 0.29) is 0 Å². The second-order valence-electron chi connectivity index (χ2n) is 3.88. The van der Waals surface area contributed by atoms with E-state index in [1.807, 2.05) is 0 Å². The standard InChI is InChI=1S/C12H9BrN4O2/c13-8-5-6-11(14-7-8)16-12(18)15-9-3-1-2-4-10(9)17(16)19/h1-7,19H,(H,15,18). The lowest BCUT2D eigenvalue weighted by molar-refractivity contribution is 0.221. The minimum atomic E-state index is -0.476. The number of pyridine rings is 1. The molecule has 1 aromatic heterocycles. The summed E-state index contributed by atoms with van der Waals surface area (Å²) in [5, 5.41) is 14.7. The zero-order valence-electron chi connectivity index (χ0n) is 9.62. The Morgan fingerprint density at radius 1 is 1.21 bits per heavy atom. The molecule has 2 amide bonds. The molecule has 6 nitrogen and oxygen atoms in total. The van der Waals surface area contributed by atoms with E-state index in [0.717, 1.165) is 14.7 Å². The third-order valence-electron chi connectivity index (χ3n) is 2.67. The van der Waals surface area contributed by atoms with E-state index in [4.69, 9.17) is 0 Å². The van der Waals surface area contributed by atoms with E-state index in [0.29, 0.717) is 17.2 Å². The summed E-state index contributed by atoms with van der Waals surface area (Å²) in [4.78, 5) is 16.1. The highest BCUT2D eigenvalue weighted by molar-refractivity contribution is 9.10. The van der Waals surface area contributed by atoms with E-state index in [1.54, 1.807) is 42.6 Å². The van der Waals surface area contributed by atoms with Gasteiger partial charge < -0.3 is 5.32 Å². The molecule has 96 valence electrons. The van der Waals surface area contributed by atoms with Crippen LogP contribution in [0.15, 0.2) is 47.1 Å². The summed E-state index contributed by atoms with van der Waals surface area (Å²) in [5.41, 5.74) is 1.02. The molecule has 1 aromatic carbocycles. The number of benzene rings is 1. The number of carbonyl (C=O) groups is 1. The molecule has 1 aliphatic heterocycles. The minimum Gasteiger partial charge on any atom is -0.304 e. The number of hydrazine groups is 1. The van der Waals surface area contributed by atoms with Crippen LogP contribution in [0.25, 0.3) is 0 Å². The summed E-state index contributed by atoms with van der Waals surface area (Å²) in [6.45, 7) is 0. The molecule has 0 bridgehead atoms. The molecule has 0 aliphatic carbocycles. The lowest BCUT2D eigenvalue weighted by Gasteiger charge is -2.35. The molecule has 2 N–H and O–H groups in total. The predicted molar refractivity (Wildman–Crippen MR) is 74.1 cm³/mol. The van der Waals surface area contributed by atoms with Crippen molar-refractivity contribution < 1.29 is 10.0 Å². The summed E-state index contributed by atoms with van der Waals surface area (Å²) in [6.07, 6.45) is 1.55. The molecule has 0 radical (unpaired) electrons. The topological polar surface area (TPSA) is 68.7 Å². The maximum Gasteiger partial charge on any atom is 0.348 e. The first-order valence-electron chi connectivity index (χ1n) is 5.47. The predicted octanol–water partition coefficient (Wildman–Crippen LogP) is 3.01. The second-order valence-corrected chi connectivity index (χ2v) is 4.80. The number of carbonyl (C=O) groups excluding carboxylic acids is 1. The monoisotopic (exact) mass is 320 g/mol. The Labute approximate surface area is 117 Å². The van der Waals surface area contributed by atoms with Crippen LogP contribution >= 0.6 is 15.9 Å². The van der Waals surface area contributed by atoms with Gasteiger partial charge in [-0.1, -0.05) is 12.1 Å². The molecule has 0 fully saturated rings. The fourth-order valence-electron chi connectivity index (χ4n) is 1.81. The molecular formula is C12H9BrN4O2. The minimum absolute atomic E-state index is 0.317. The van der Waals surface area contributed by atoms with Gasteiger partial charge in [0.05, 0.1) is 5.69 Å². The third kappa shape index (κ3) is 2.02. The van der Waals surface area contributed by atoms with Gasteiger partial charge in [0.15, 0.2) is 5.82 Å². The first kappa shape index (κ1) is 11.9. The quantitative estimate of drug-likeness (QED) is 0.847. The maximum atomic E-state index is 12.0. The van der Waals surface area contributed by atoms with Gasteiger partial charge in [0.1, 0.15) is 5.69 Å². The Balaban J connectivity index is 2.04. The smallest absolute Gasteiger partial charge is 0.304 e.